The Kier molecular flexibility index (Phi) is 2.65. The second-order valence-electron chi connectivity index (χ2n) is 7.18. The van der Waals surface area contributed by atoms with Gasteiger partial charge in [-0.05, 0) is 48.3 Å². The topological polar surface area (TPSA) is 66.5 Å². The van der Waals surface area contributed by atoms with Crippen molar-refractivity contribution in [2.24, 2.45) is 29.1 Å². The van der Waals surface area contributed by atoms with Crippen molar-refractivity contribution >= 4 is 29.3 Å². The van der Waals surface area contributed by atoms with Gasteiger partial charge in [-0.1, -0.05) is 29.8 Å². The van der Waals surface area contributed by atoms with E-state index in [0.717, 1.165) is 17.9 Å². The average molecular weight is 343 g/mol. The third-order valence-corrected chi connectivity index (χ3v) is 6.39. The van der Waals surface area contributed by atoms with E-state index in [1.165, 1.54) is 6.07 Å². The number of fused-ring (bicyclic) bond motifs is 3. The van der Waals surface area contributed by atoms with Gasteiger partial charge in [0.1, 0.15) is 0 Å². The summed E-state index contributed by atoms with van der Waals surface area (Å²) in [6, 6.07) is 6.42. The molecule has 5 rings (SSSR count). The minimum Gasteiger partial charge on any atom is -0.272 e. The zero-order valence-corrected chi connectivity index (χ0v) is 13.5. The molecule has 0 aromatic heterocycles. The van der Waals surface area contributed by atoms with Gasteiger partial charge in [0, 0.05) is 10.6 Å². The van der Waals surface area contributed by atoms with E-state index in [-0.39, 0.29) is 40.9 Å². The van der Waals surface area contributed by atoms with Crippen molar-refractivity contribution in [1.82, 2.24) is 10.4 Å². The van der Waals surface area contributed by atoms with Crippen molar-refractivity contribution in [3.05, 3.63) is 47.0 Å². The quantitative estimate of drug-likeness (QED) is 0.661. The first-order chi connectivity index (χ1) is 11.5. The number of hydrazine groups is 1. The predicted octanol–water partition coefficient (Wildman–Crippen LogP) is 2.18. The fourth-order valence-electron chi connectivity index (χ4n) is 4.98. The van der Waals surface area contributed by atoms with Gasteiger partial charge in [0.05, 0.1) is 11.8 Å². The maximum absolute atomic E-state index is 12.8. The normalized spacial score (nSPS) is 34.1. The molecule has 2 saturated carbocycles. The Morgan fingerprint density at radius 1 is 1.12 bits per heavy atom. The second-order valence-corrected chi connectivity index (χ2v) is 7.62. The van der Waals surface area contributed by atoms with Crippen LogP contribution in [-0.2, 0) is 9.59 Å². The lowest BCUT2D eigenvalue weighted by molar-refractivity contribution is -0.144. The number of nitrogens with zero attached hydrogens (tertiary/aromatic N) is 1. The molecule has 1 N–H and O–H groups in total. The first-order valence-corrected chi connectivity index (χ1v) is 8.53. The second kappa shape index (κ2) is 4.48. The fourth-order valence-corrected chi connectivity index (χ4v) is 5.17. The van der Waals surface area contributed by atoms with Crippen molar-refractivity contribution in [3.63, 3.8) is 0 Å². The monoisotopic (exact) mass is 342 g/mol. The van der Waals surface area contributed by atoms with Gasteiger partial charge in [-0.15, -0.1) is 0 Å². The van der Waals surface area contributed by atoms with Gasteiger partial charge < -0.3 is 0 Å². The molecule has 6 heteroatoms. The van der Waals surface area contributed by atoms with Gasteiger partial charge >= 0.3 is 0 Å². The van der Waals surface area contributed by atoms with E-state index >= 15 is 0 Å². The van der Waals surface area contributed by atoms with Crippen LogP contribution in [0.1, 0.15) is 23.2 Å². The number of amides is 3. The van der Waals surface area contributed by atoms with E-state index in [2.05, 4.69) is 17.6 Å². The summed E-state index contributed by atoms with van der Waals surface area (Å²) in [7, 11) is 0. The Balaban J connectivity index is 1.41. The number of carbonyl (C=O) groups excluding carboxylic acids is 3. The number of halogens is 1. The van der Waals surface area contributed by atoms with Crippen molar-refractivity contribution < 1.29 is 14.4 Å². The lowest BCUT2D eigenvalue weighted by Gasteiger charge is -2.22. The molecule has 2 bridgehead atoms. The molecule has 24 heavy (non-hydrogen) atoms. The summed E-state index contributed by atoms with van der Waals surface area (Å²) in [6.07, 6.45) is 6.40. The van der Waals surface area contributed by atoms with Crippen LogP contribution in [0.3, 0.4) is 0 Å². The highest BCUT2D eigenvalue weighted by Gasteiger charge is 2.73. The Hall–Kier alpha value is -2.14. The van der Waals surface area contributed by atoms with Crippen molar-refractivity contribution in [1.29, 1.82) is 0 Å². The molecule has 0 radical (unpaired) electrons. The van der Waals surface area contributed by atoms with Crippen LogP contribution in [0, 0.1) is 29.1 Å². The van der Waals surface area contributed by atoms with Crippen LogP contribution in [0.15, 0.2) is 36.4 Å². The van der Waals surface area contributed by atoms with Crippen LogP contribution in [0.25, 0.3) is 0 Å². The molecule has 1 saturated heterocycles. The van der Waals surface area contributed by atoms with Crippen LogP contribution in [0.2, 0.25) is 5.02 Å². The molecule has 5 nitrogen and oxygen atoms in total. The maximum atomic E-state index is 12.8. The Bertz CT molecular complexity index is 795. The minimum absolute atomic E-state index is 0.150. The summed E-state index contributed by atoms with van der Waals surface area (Å²) in [5, 5.41) is 1.36. The number of hydrogen-bond donors (Lipinski definition) is 1. The third kappa shape index (κ3) is 1.63. The predicted molar refractivity (Wildman–Crippen MR) is 85.5 cm³/mol. The summed E-state index contributed by atoms with van der Waals surface area (Å²) in [5.74, 6) is -1.37. The van der Waals surface area contributed by atoms with Crippen molar-refractivity contribution in [3.8, 4) is 0 Å². The van der Waals surface area contributed by atoms with E-state index in [1.54, 1.807) is 18.2 Å². The molecular weight excluding hydrogens is 328 g/mol. The smallest absolute Gasteiger partial charge is 0.270 e. The van der Waals surface area contributed by atoms with E-state index in [0.29, 0.717) is 10.6 Å². The number of rotatable bonds is 2. The van der Waals surface area contributed by atoms with Crippen molar-refractivity contribution in [2.45, 2.75) is 12.8 Å². The highest BCUT2D eigenvalue weighted by atomic mass is 35.5. The first kappa shape index (κ1) is 14.2. The van der Waals surface area contributed by atoms with Crippen LogP contribution in [0.4, 0.5) is 0 Å². The first-order valence-electron chi connectivity index (χ1n) is 8.16. The molecule has 4 atom stereocenters. The van der Waals surface area contributed by atoms with Crippen LogP contribution in [0.5, 0.6) is 0 Å². The van der Waals surface area contributed by atoms with Gasteiger partial charge in [0.25, 0.3) is 17.7 Å². The molecule has 1 aromatic carbocycles. The lowest BCUT2D eigenvalue weighted by Crippen LogP contribution is -2.47. The fraction of sp³-hybridized carbons (Fsp3) is 0.389. The van der Waals surface area contributed by atoms with E-state index < -0.39 is 5.91 Å². The molecular formula is C18H15ClN2O3. The van der Waals surface area contributed by atoms with E-state index in [4.69, 9.17) is 11.6 Å². The molecule has 1 aromatic rings. The van der Waals surface area contributed by atoms with Gasteiger partial charge in [0.2, 0.25) is 0 Å². The molecule has 1 spiro atoms. The molecule has 3 aliphatic carbocycles. The SMILES string of the molecule is O=C(NN1C(=O)[C@@H]2[C@@H](C1=O)[C@H]1C=C[C@H]2C12CC2)c1cccc(Cl)c1. The van der Waals surface area contributed by atoms with E-state index in [1.807, 2.05) is 0 Å². The summed E-state index contributed by atoms with van der Waals surface area (Å²) < 4.78 is 0. The molecule has 1 heterocycles. The largest absolute Gasteiger partial charge is 0.272 e. The Labute approximate surface area is 143 Å². The van der Waals surface area contributed by atoms with Gasteiger partial charge in [-0.25, -0.2) is 0 Å². The number of imide groups is 1. The highest BCUT2D eigenvalue weighted by molar-refractivity contribution is 6.31. The highest BCUT2D eigenvalue weighted by Crippen LogP contribution is 2.73. The number of hydrogen-bond acceptors (Lipinski definition) is 3. The van der Waals surface area contributed by atoms with Crippen LogP contribution >= 0.6 is 11.6 Å². The molecule has 122 valence electrons. The summed E-state index contributed by atoms with van der Waals surface area (Å²) in [5.41, 5.74) is 2.95. The standard InChI is InChI=1S/C18H15ClN2O3/c19-10-3-1-2-9(8-10)15(22)20-21-16(23)13-11-4-5-12(14(13)17(21)24)18(11)6-7-18/h1-5,8,11-14H,6-7H2,(H,20,22)/t11-,12-,13+,14+/m1/s1. The number of nitrogens with one attached hydrogen (secondary N) is 1. The molecule has 3 amide bonds. The lowest BCUT2D eigenvalue weighted by atomic mass is 9.85. The number of allylic oxidation sites excluding steroid dienone is 2. The van der Waals surface area contributed by atoms with Gasteiger partial charge in [-0.3, -0.25) is 19.8 Å². The van der Waals surface area contributed by atoms with Crippen LogP contribution in [-0.4, -0.2) is 22.7 Å². The van der Waals surface area contributed by atoms with E-state index in [9.17, 15) is 14.4 Å². The Morgan fingerprint density at radius 3 is 2.29 bits per heavy atom. The minimum atomic E-state index is -0.499. The number of benzene rings is 1. The molecule has 4 aliphatic rings. The average Bonchev–Trinajstić information content (AvgIpc) is 3.17. The van der Waals surface area contributed by atoms with Gasteiger partial charge in [0.15, 0.2) is 0 Å². The van der Waals surface area contributed by atoms with Gasteiger partial charge in [-0.2, -0.15) is 5.01 Å². The van der Waals surface area contributed by atoms with Crippen LogP contribution < -0.4 is 5.43 Å². The Morgan fingerprint density at radius 2 is 1.75 bits per heavy atom. The zero-order chi connectivity index (χ0) is 16.6. The van der Waals surface area contributed by atoms with Crippen molar-refractivity contribution in [2.75, 3.05) is 0 Å². The number of carbonyl (C=O) groups is 3. The molecule has 1 aliphatic heterocycles. The molecule has 0 unspecified atom stereocenters. The summed E-state index contributed by atoms with van der Waals surface area (Å²) in [4.78, 5) is 37.9. The maximum Gasteiger partial charge on any atom is 0.270 e. The summed E-state index contributed by atoms with van der Waals surface area (Å²) in [6.45, 7) is 0. The molecule has 3 fully saturated rings. The summed E-state index contributed by atoms with van der Waals surface area (Å²) >= 11 is 5.89. The zero-order valence-electron chi connectivity index (χ0n) is 12.7. The third-order valence-electron chi connectivity index (χ3n) is 6.15.